The van der Waals surface area contributed by atoms with Crippen molar-refractivity contribution in [2.45, 2.75) is 26.2 Å². The molecule has 1 aliphatic heterocycles. The minimum absolute atomic E-state index is 0.0582. The second-order valence-corrected chi connectivity index (χ2v) is 5.83. The Morgan fingerprint density at radius 1 is 1.26 bits per heavy atom. The molecule has 102 valence electrons. The molecule has 0 radical (unpaired) electrons. The van der Waals surface area contributed by atoms with Gasteiger partial charge in [0.1, 0.15) is 0 Å². The van der Waals surface area contributed by atoms with Crippen molar-refractivity contribution in [1.29, 1.82) is 0 Å². The lowest BCUT2D eigenvalue weighted by atomic mass is 9.83. The van der Waals surface area contributed by atoms with E-state index in [4.69, 9.17) is 15.2 Å². The highest BCUT2D eigenvalue weighted by Crippen LogP contribution is 2.41. The van der Waals surface area contributed by atoms with Crippen molar-refractivity contribution in [3.63, 3.8) is 0 Å². The molecule has 2 N–H and O–H groups in total. The fraction of sp³-hybridized carbons (Fsp3) is 0.467. The lowest BCUT2D eigenvalue weighted by molar-refractivity contribution is 0.174. The molecule has 4 heteroatoms. The molecule has 0 fully saturated rings. The molecule has 1 aromatic carbocycles. The van der Waals surface area contributed by atoms with Crippen LogP contribution in [0.15, 0.2) is 12.1 Å². The third-order valence-corrected chi connectivity index (χ3v) is 4.17. The van der Waals surface area contributed by atoms with Gasteiger partial charge >= 0.3 is 0 Å². The molecule has 0 bridgehead atoms. The minimum atomic E-state index is -0.0582. The van der Waals surface area contributed by atoms with Gasteiger partial charge in [-0.05, 0) is 18.6 Å². The Bertz CT molecular complexity index is 656. The van der Waals surface area contributed by atoms with Crippen LogP contribution in [-0.2, 0) is 12.5 Å². The van der Waals surface area contributed by atoms with Crippen molar-refractivity contribution in [2.24, 2.45) is 12.8 Å². The maximum Gasteiger partial charge on any atom is 0.231 e. The highest BCUT2D eigenvalue weighted by atomic mass is 16.7. The Morgan fingerprint density at radius 2 is 1.89 bits per heavy atom. The summed E-state index contributed by atoms with van der Waals surface area (Å²) in [6.45, 7) is 7.42. The van der Waals surface area contributed by atoms with E-state index in [0.717, 1.165) is 11.5 Å². The monoisotopic (exact) mass is 260 g/mol. The van der Waals surface area contributed by atoms with Crippen LogP contribution in [-0.4, -0.2) is 17.9 Å². The van der Waals surface area contributed by atoms with Gasteiger partial charge in [-0.25, -0.2) is 0 Å². The summed E-state index contributed by atoms with van der Waals surface area (Å²) in [4.78, 5) is 0. The van der Waals surface area contributed by atoms with Gasteiger partial charge in [0.05, 0.1) is 5.52 Å². The number of fused-ring (bicyclic) bond motifs is 2. The first-order valence-electron chi connectivity index (χ1n) is 6.55. The Morgan fingerprint density at radius 3 is 2.53 bits per heavy atom. The third-order valence-electron chi connectivity index (χ3n) is 4.17. The summed E-state index contributed by atoms with van der Waals surface area (Å²) in [6.07, 6.45) is 0. The molecule has 2 heterocycles. The second-order valence-electron chi connectivity index (χ2n) is 5.83. The first kappa shape index (κ1) is 12.4. The zero-order valence-corrected chi connectivity index (χ0v) is 11.9. The minimum Gasteiger partial charge on any atom is -0.454 e. The molecule has 4 nitrogen and oxygen atoms in total. The second kappa shape index (κ2) is 3.90. The smallest absolute Gasteiger partial charge is 0.231 e. The number of nitrogens with zero attached hydrogens (tertiary/aromatic N) is 1. The Kier molecular flexibility index (Phi) is 2.54. The van der Waals surface area contributed by atoms with Gasteiger partial charge in [-0.1, -0.05) is 13.8 Å². The molecule has 1 aromatic heterocycles. The highest BCUT2D eigenvalue weighted by Gasteiger charge is 2.28. The quantitative estimate of drug-likeness (QED) is 0.902. The van der Waals surface area contributed by atoms with E-state index in [-0.39, 0.29) is 5.41 Å². The third kappa shape index (κ3) is 1.63. The lowest BCUT2D eigenvalue weighted by Crippen LogP contribution is -2.28. The summed E-state index contributed by atoms with van der Waals surface area (Å²) in [5.74, 6) is 1.65. The van der Waals surface area contributed by atoms with Crippen LogP contribution in [0.4, 0.5) is 0 Å². The van der Waals surface area contributed by atoms with Crippen molar-refractivity contribution in [3.05, 3.63) is 23.4 Å². The zero-order valence-electron chi connectivity index (χ0n) is 11.9. The predicted molar refractivity (Wildman–Crippen MR) is 75.9 cm³/mol. The van der Waals surface area contributed by atoms with Crippen molar-refractivity contribution >= 4 is 10.9 Å². The largest absolute Gasteiger partial charge is 0.454 e. The van der Waals surface area contributed by atoms with Crippen molar-refractivity contribution in [1.82, 2.24) is 4.57 Å². The average molecular weight is 260 g/mol. The molecule has 0 aliphatic carbocycles. The number of aromatic nitrogens is 1. The van der Waals surface area contributed by atoms with Crippen LogP contribution in [0.3, 0.4) is 0 Å². The lowest BCUT2D eigenvalue weighted by Gasteiger charge is -2.23. The van der Waals surface area contributed by atoms with Gasteiger partial charge in [-0.3, -0.25) is 0 Å². The van der Waals surface area contributed by atoms with Crippen LogP contribution in [0.5, 0.6) is 11.5 Å². The van der Waals surface area contributed by atoms with E-state index >= 15 is 0 Å². The van der Waals surface area contributed by atoms with Gasteiger partial charge in [0.2, 0.25) is 6.79 Å². The van der Waals surface area contributed by atoms with Gasteiger partial charge in [-0.15, -0.1) is 0 Å². The standard InChI is InChI=1S/C15H20N2O2/c1-9-14(15(2,3)7-16)10-5-12-13(19-8-18-12)6-11(10)17(9)4/h5-6H,7-8,16H2,1-4H3. The van der Waals surface area contributed by atoms with Crippen molar-refractivity contribution in [2.75, 3.05) is 13.3 Å². The van der Waals surface area contributed by atoms with E-state index in [1.165, 1.54) is 22.2 Å². The fourth-order valence-electron chi connectivity index (χ4n) is 2.91. The Hall–Kier alpha value is -1.68. The van der Waals surface area contributed by atoms with Crippen molar-refractivity contribution in [3.8, 4) is 11.5 Å². The van der Waals surface area contributed by atoms with E-state index in [1.54, 1.807) is 0 Å². The molecule has 0 amide bonds. The van der Waals surface area contributed by atoms with Crippen LogP contribution in [0.2, 0.25) is 0 Å². The predicted octanol–water partition coefficient (Wildman–Crippen LogP) is 2.45. The fourth-order valence-corrected chi connectivity index (χ4v) is 2.91. The van der Waals surface area contributed by atoms with E-state index in [0.29, 0.717) is 13.3 Å². The first-order valence-corrected chi connectivity index (χ1v) is 6.55. The van der Waals surface area contributed by atoms with Crippen LogP contribution in [0, 0.1) is 6.92 Å². The Balaban J connectivity index is 2.36. The summed E-state index contributed by atoms with van der Waals surface area (Å²) >= 11 is 0. The molecule has 0 saturated carbocycles. The molecule has 3 rings (SSSR count). The average Bonchev–Trinajstić information content (AvgIpc) is 2.92. The van der Waals surface area contributed by atoms with Crippen LogP contribution in [0.1, 0.15) is 25.1 Å². The first-order chi connectivity index (χ1) is 8.95. The highest BCUT2D eigenvalue weighted by molar-refractivity contribution is 5.90. The molecular weight excluding hydrogens is 240 g/mol. The van der Waals surface area contributed by atoms with Crippen LogP contribution < -0.4 is 15.2 Å². The molecule has 0 unspecified atom stereocenters. The van der Waals surface area contributed by atoms with E-state index in [9.17, 15) is 0 Å². The summed E-state index contributed by atoms with van der Waals surface area (Å²) in [7, 11) is 2.08. The molecule has 0 spiro atoms. The van der Waals surface area contributed by atoms with E-state index in [1.807, 2.05) is 0 Å². The number of ether oxygens (including phenoxy) is 2. The summed E-state index contributed by atoms with van der Waals surface area (Å²) in [5, 5.41) is 1.21. The van der Waals surface area contributed by atoms with Gasteiger partial charge < -0.3 is 19.8 Å². The molecule has 2 aromatic rings. The number of benzene rings is 1. The zero-order chi connectivity index (χ0) is 13.8. The molecule has 19 heavy (non-hydrogen) atoms. The molecule has 0 atom stereocenters. The van der Waals surface area contributed by atoms with Crippen LogP contribution >= 0.6 is 0 Å². The maximum absolute atomic E-state index is 5.96. The SMILES string of the molecule is Cc1c(C(C)(C)CN)c2cc3c(cc2n1C)OCO3. The summed E-state index contributed by atoms with van der Waals surface area (Å²) in [5.41, 5.74) is 9.60. The van der Waals surface area contributed by atoms with Gasteiger partial charge in [0.25, 0.3) is 0 Å². The van der Waals surface area contributed by atoms with Gasteiger partial charge in [0.15, 0.2) is 11.5 Å². The topological polar surface area (TPSA) is 49.4 Å². The van der Waals surface area contributed by atoms with E-state index < -0.39 is 0 Å². The molecule has 0 saturated heterocycles. The molecule has 1 aliphatic rings. The Labute approximate surface area is 113 Å². The number of rotatable bonds is 2. The number of nitrogens with two attached hydrogens (primary N) is 1. The summed E-state index contributed by atoms with van der Waals surface area (Å²) < 4.78 is 13.2. The maximum atomic E-state index is 5.96. The molecular formula is C15H20N2O2. The van der Waals surface area contributed by atoms with Gasteiger partial charge in [0, 0.05) is 36.2 Å². The van der Waals surface area contributed by atoms with Crippen molar-refractivity contribution < 1.29 is 9.47 Å². The number of hydrogen-bond donors (Lipinski definition) is 1. The van der Waals surface area contributed by atoms with Crippen LogP contribution in [0.25, 0.3) is 10.9 Å². The van der Waals surface area contributed by atoms with Gasteiger partial charge in [-0.2, -0.15) is 0 Å². The number of aryl methyl sites for hydroxylation is 1. The summed E-state index contributed by atoms with van der Waals surface area (Å²) in [6, 6.07) is 4.14. The van der Waals surface area contributed by atoms with E-state index in [2.05, 4.69) is 44.5 Å². The number of hydrogen-bond acceptors (Lipinski definition) is 3. The normalized spacial score (nSPS) is 14.4.